The maximum Gasteiger partial charge on any atom is 0.333 e. The zero-order valence-electron chi connectivity index (χ0n) is 21.6. The van der Waals surface area contributed by atoms with Crippen LogP contribution in [0, 0.1) is 16.7 Å². The van der Waals surface area contributed by atoms with Crippen LogP contribution in [0.3, 0.4) is 0 Å². The molecule has 0 saturated heterocycles. The van der Waals surface area contributed by atoms with Gasteiger partial charge in [0.15, 0.2) is 0 Å². The van der Waals surface area contributed by atoms with Crippen molar-refractivity contribution >= 4 is 33.7 Å². The quantitative estimate of drug-likeness (QED) is 0.320. The third-order valence-corrected chi connectivity index (χ3v) is 6.86. The van der Waals surface area contributed by atoms with E-state index in [4.69, 9.17) is 5.41 Å². The van der Waals surface area contributed by atoms with Crippen molar-refractivity contribution in [3.63, 3.8) is 0 Å². The Morgan fingerprint density at radius 1 is 1.05 bits per heavy atom. The minimum absolute atomic E-state index is 0.173. The molecule has 8 heteroatoms. The van der Waals surface area contributed by atoms with Crippen molar-refractivity contribution in [2.75, 3.05) is 7.05 Å². The molecule has 0 aliphatic carbocycles. The van der Waals surface area contributed by atoms with Crippen molar-refractivity contribution in [3.05, 3.63) is 94.9 Å². The summed E-state index contributed by atoms with van der Waals surface area (Å²) in [7, 11) is 3.53. The molecule has 2 aromatic carbocycles. The molecule has 38 heavy (non-hydrogen) atoms. The minimum Gasteiger partial charge on any atom is -0.393 e. The Morgan fingerprint density at radius 3 is 2.42 bits per heavy atom. The van der Waals surface area contributed by atoms with Crippen molar-refractivity contribution in [2.45, 2.75) is 19.3 Å². The molecule has 0 aliphatic heterocycles. The van der Waals surface area contributed by atoms with E-state index in [0.29, 0.717) is 11.3 Å². The number of allylic oxidation sites excluding steroid dienone is 1. The highest BCUT2D eigenvalue weighted by Gasteiger charge is 2.21. The topological polar surface area (TPSA) is 112 Å². The van der Waals surface area contributed by atoms with E-state index in [2.05, 4.69) is 21.4 Å². The number of aryl methyl sites for hydroxylation is 1. The monoisotopic (exact) mass is 501 g/mol. The molecule has 0 atom stereocenters. The molecule has 5 rings (SSSR count). The van der Waals surface area contributed by atoms with Crippen molar-refractivity contribution in [2.24, 2.45) is 7.05 Å². The Morgan fingerprint density at radius 2 is 1.79 bits per heavy atom. The van der Waals surface area contributed by atoms with E-state index in [1.807, 2.05) is 68.4 Å². The molecule has 3 aromatic heterocycles. The van der Waals surface area contributed by atoms with Gasteiger partial charge in [0.05, 0.1) is 45.6 Å². The maximum absolute atomic E-state index is 13.4. The molecule has 8 nitrogen and oxygen atoms in total. The molecule has 0 fully saturated rings. The van der Waals surface area contributed by atoms with E-state index < -0.39 is 5.41 Å². The summed E-state index contributed by atoms with van der Waals surface area (Å²) in [6.07, 6.45) is 6.51. The van der Waals surface area contributed by atoms with Gasteiger partial charge in [0.25, 0.3) is 0 Å². The van der Waals surface area contributed by atoms with Crippen molar-refractivity contribution in [3.8, 4) is 22.9 Å². The number of fused-ring (bicyclic) bond motifs is 3. The van der Waals surface area contributed by atoms with Crippen LogP contribution in [-0.2, 0) is 12.5 Å². The van der Waals surface area contributed by atoms with Gasteiger partial charge in [0.2, 0.25) is 0 Å². The fourth-order valence-corrected chi connectivity index (χ4v) is 4.59. The van der Waals surface area contributed by atoms with E-state index in [9.17, 15) is 10.1 Å². The first-order chi connectivity index (χ1) is 18.3. The minimum atomic E-state index is -0.625. The predicted molar refractivity (Wildman–Crippen MR) is 152 cm³/mol. The number of nitrogens with zero attached hydrogens (tertiary/aromatic N) is 5. The van der Waals surface area contributed by atoms with E-state index >= 15 is 0 Å². The number of benzene rings is 2. The van der Waals surface area contributed by atoms with Gasteiger partial charge in [-0.25, -0.2) is 4.79 Å². The first kappa shape index (κ1) is 24.7. The lowest BCUT2D eigenvalue weighted by atomic mass is 9.86. The fraction of sp³-hybridized carbons (Fsp3) is 0.167. The molecule has 188 valence electrons. The smallest absolute Gasteiger partial charge is 0.333 e. The summed E-state index contributed by atoms with van der Waals surface area (Å²) in [4.78, 5) is 22.6. The molecule has 0 aliphatic rings. The Bertz CT molecular complexity index is 1820. The number of imidazole rings is 1. The summed E-state index contributed by atoms with van der Waals surface area (Å²) in [5.41, 5.74) is 6.30. The summed E-state index contributed by atoms with van der Waals surface area (Å²) in [5.74, 6) is 0. The van der Waals surface area contributed by atoms with Crippen LogP contribution in [0.4, 0.5) is 0 Å². The Balaban J connectivity index is 1.68. The maximum atomic E-state index is 13.4. The SMILES string of the molecule is CN/C=C(\C=N)c1ccc(-c2ccc3ncc4c(c3c2)n(-c2ccc(C(C)(C)C#N)cc2)c(=O)n4C)cn1. The molecule has 3 heterocycles. The van der Waals surface area contributed by atoms with E-state index in [1.165, 1.54) is 6.21 Å². The molecule has 0 radical (unpaired) electrons. The zero-order valence-corrected chi connectivity index (χ0v) is 21.6. The van der Waals surface area contributed by atoms with Crippen molar-refractivity contribution < 1.29 is 0 Å². The lowest BCUT2D eigenvalue weighted by Gasteiger charge is -2.16. The number of nitriles is 1. The van der Waals surface area contributed by atoms with Crippen LogP contribution in [0.25, 0.3) is 44.3 Å². The first-order valence-electron chi connectivity index (χ1n) is 12.2. The Hall–Kier alpha value is -5.03. The second-order valence-electron chi connectivity index (χ2n) is 9.65. The van der Waals surface area contributed by atoms with E-state index in [-0.39, 0.29) is 5.69 Å². The molecule has 0 bridgehead atoms. The van der Waals surface area contributed by atoms with Gasteiger partial charge in [-0.2, -0.15) is 5.26 Å². The average molecular weight is 502 g/mol. The Labute approximate surface area is 220 Å². The lowest BCUT2D eigenvalue weighted by Crippen LogP contribution is -2.21. The molecule has 0 spiro atoms. The third kappa shape index (κ3) is 4.04. The summed E-state index contributed by atoms with van der Waals surface area (Å²) in [5, 5.41) is 20.9. The highest BCUT2D eigenvalue weighted by Crippen LogP contribution is 2.30. The third-order valence-electron chi connectivity index (χ3n) is 6.86. The fourth-order valence-electron chi connectivity index (χ4n) is 4.59. The number of rotatable bonds is 6. The molecule has 0 saturated carbocycles. The van der Waals surface area contributed by atoms with Crippen LogP contribution in [0.2, 0.25) is 0 Å². The van der Waals surface area contributed by atoms with Gasteiger partial charge < -0.3 is 10.7 Å². The van der Waals surface area contributed by atoms with Crippen LogP contribution < -0.4 is 11.0 Å². The summed E-state index contributed by atoms with van der Waals surface area (Å²) in [6.45, 7) is 3.74. The van der Waals surface area contributed by atoms with Gasteiger partial charge in [0.1, 0.15) is 0 Å². The number of hydrogen-bond acceptors (Lipinski definition) is 6. The predicted octanol–water partition coefficient (Wildman–Crippen LogP) is 4.95. The lowest BCUT2D eigenvalue weighted by molar-refractivity contribution is 0.686. The Kier molecular flexibility index (Phi) is 6.13. The van der Waals surface area contributed by atoms with Gasteiger partial charge in [-0.3, -0.25) is 19.1 Å². The molecule has 0 unspecified atom stereocenters. The van der Waals surface area contributed by atoms with Crippen LogP contribution in [0.1, 0.15) is 25.1 Å². The van der Waals surface area contributed by atoms with Crippen molar-refractivity contribution in [1.82, 2.24) is 24.4 Å². The molecular weight excluding hydrogens is 474 g/mol. The van der Waals surface area contributed by atoms with Crippen LogP contribution in [-0.4, -0.2) is 32.4 Å². The van der Waals surface area contributed by atoms with Gasteiger partial charge in [-0.05, 0) is 55.3 Å². The van der Waals surface area contributed by atoms with Gasteiger partial charge >= 0.3 is 5.69 Å². The highest BCUT2D eigenvalue weighted by atomic mass is 16.1. The molecule has 0 amide bonds. The molecule has 2 N–H and O–H groups in total. The normalized spacial score (nSPS) is 12.0. The zero-order chi connectivity index (χ0) is 27.0. The summed E-state index contributed by atoms with van der Waals surface area (Å²) >= 11 is 0. The number of nitrogens with one attached hydrogen (secondary N) is 2. The van der Waals surface area contributed by atoms with Gasteiger partial charge in [0, 0.05) is 49.2 Å². The van der Waals surface area contributed by atoms with E-state index in [1.54, 1.807) is 41.8 Å². The van der Waals surface area contributed by atoms with E-state index in [0.717, 1.165) is 44.3 Å². The largest absolute Gasteiger partial charge is 0.393 e. The van der Waals surface area contributed by atoms with Crippen LogP contribution in [0.15, 0.2) is 78.0 Å². The highest BCUT2D eigenvalue weighted by molar-refractivity contribution is 6.07. The summed E-state index contributed by atoms with van der Waals surface area (Å²) in [6, 6.07) is 19.7. The van der Waals surface area contributed by atoms with Crippen LogP contribution >= 0.6 is 0 Å². The first-order valence-corrected chi connectivity index (χ1v) is 12.2. The number of aromatic nitrogens is 4. The second-order valence-corrected chi connectivity index (χ2v) is 9.65. The van der Waals surface area contributed by atoms with Crippen LogP contribution in [0.5, 0.6) is 0 Å². The number of pyridine rings is 2. The standard InChI is InChI=1S/C30H27N7O/c1-30(2,18-32)22-7-9-23(10-8-22)37-28-24-13-19(5-12-26(24)35-17-27(28)36(4)29(37)38)20-6-11-25(34-16-20)21(14-31)15-33-3/h5-17,31,33H,1-4H3/b21-15+,31-14?. The second kappa shape index (κ2) is 9.45. The van der Waals surface area contributed by atoms with Crippen molar-refractivity contribution in [1.29, 1.82) is 10.7 Å². The number of hydrogen-bond donors (Lipinski definition) is 2. The van der Waals surface area contributed by atoms with Gasteiger partial charge in [-0.1, -0.05) is 24.3 Å². The van der Waals surface area contributed by atoms with Gasteiger partial charge in [-0.15, -0.1) is 0 Å². The summed E-state index contributed by atoms with van der Waals surface area (Å²) < 4.78 is 3.30. The molecule has 5 aromatic rings. The molecular formula is C30H27N7O. The average Bonchev–Trinajstić information content (AvgIpc) is 3.21.